The van der Waals surface area contributed by atoms with Gasteiger partial charge in [0.05, 0.1) is 0 Å². The third-order valence-electron chi connectivity index (χ3n) is 2.22. The molecule has 6 nitrogen and oxygen atoms in total. The summed E-state index contributed by atoms with van der Waals surface area (Å²) in [6.45, 7) is 7.56. The number of hydrogen-bond acceptors (Lipinski definition) is 3. The highest BCUT2D eigenvalue weighted by Crippen LogP contribution is 2.14. The van der Waals surface area contributed by atoms with Gasteiger partial charge in [-0.05, 0) is 32.1 Å². The molecule has 0 bridgehead atoms. The fourth-order valence-electron chi connectivity index (χ4n) is 1.73. The number of carboxylic acids is 1. The first-order valence-corrected chi connectivity index (χ1v) is 7.59. The largest absolute Gasteiger partial charge is 0.481 e. The van der Waals surface area contributed by atoms with E-state index in [4.69, 9.17) is 5.11 Å². The standard InChI is InChI=1S/C11H24N2O4S/c1-8(2)5-10(6-11(14)15)7-12-18(16,17)13-9(3)4/h8-10,12-13H,5-7H2,1-4H3,(H,14,15). The lowest BCUT2D eigenvalue weighted by Crippen LogP contribution is -2.42. The van der Waals surface area contributed by atoms with Crippen LogP contribution in [0.5, 0.6) is 0 Å². The summed E-state index contributed by atoms with van der Waals surface area (Å²) in [4.78, 5) is 10.7. The normalized spacial score (nSPS) is 14.1. The Morgan fingerprint density at radius 2 is 1.78 bits per heavy atom. The number of rotatable bonds is 9. The second-order valence-electron chi connectivity index (χ2n) is 5.22. The third-order valence-corrected chi connectivity index (χ3v) is 3.55. The van der Waals surface area contributed by atoms with Crippen LogP contribution in [0.15, 0.2) is 0 Å². The average Bonchev–Trinajstić information content (AvgIpc) is 2.10. The summed E-state index contributed by atoms with van der Waals surface area (Å²) in [6, 6.07) is -0.189. The molecule has 108 valence electrons. The van der Waals surface area contributed by atoms with Gasteiger partial charge in [0, 0.05) is 19.0 Å². The van der Waals surface area contributed by atoms with Crippen LogP contribution in [0.25, 0.3) is 0 Å². The molecule has 0 rings (SSSR count). The first-order valence-electron chi connectivity index (χ1n) is 6.11. The van der Waals surface area contributed by atoms with E-state index >= 15 is 0 Å². The lowest BCUT2D eigenvalue weighted by molar-refractivity contribution is -0.138. The van der Waals surface area contributed by atoms with E-state index in [-0.39, 0.29) is 24.9 Å². The zero-order chi connectivity index (χ0) is 14.3. The smallest absolute Gasteiger partial charge is 0.303 e. The molecule has 0 aliphatic carbocycles. The monoisotopic (exact) mass is 280 g/mol. The van der Waals surface area contributed by atoms with Gasteiger partial charge in [0.2, 0.25) is 0 Å². The summed E-state index contributed by atoms with van der Waals surface area (Å²) in [5.74, 6) is -0.764. The van der Waals surface area contributed by atoms with Gasteiger partial charge in [0.25, 0.3) is 10.2 Å². The Kier molecular flexibility index (Phi) is 7.42. The highest BCUT2D eigenvalue weighted by atomic mass is 32.2. The van der Waals surface area contributed by atoms with Gasteiger partial charge in [-0.15, -0.1) is 0 Å². The van der Waals surface area contributed by atoms with Crippen molar-refractivity contribution in [1.82, 2.24) is 9.44 Å². The summed E-state index contributed by atoms with van der Waals surface area (Å²) in [5, 5.41) is 8.78. The molecule has 0 aromatic rings. The van der Waals surface area contributed by atoms with Crippen molar-refractivity contribution in [2.45, 2.75) is 46.6 Å². The fraction of sp³-hybridized carbons (Fsp3) is 0.909. The molecule has 0 spiro atoms. The molecule has 3 N–H and O–H groups in total. The van der Waals surface area contributed by atoms with Gasteiger partial charge < -0.3 is 5.11 Å². The van der Waals surface area contributed by atoms with Crippen LogP contribution in [-0.2, 0) is 15.0 Å². The molecule has 0 aromatic heterocycles. The van der Waals surface area contributed by atoms with Crippen LogP contribution in [0.2, 0.25) is 0 Å². The van der Waals surface area contributed by atoms with E-state index in [1.807, 2.05) is 13.8 Å². The predicted octanol–water partition coefficient (Wildman–Crippen LogP) is 0.956. The van der Waals surface area contributed by atoms with Gasteiger partial charge in [0.1, 0.15) is 0 Å². The van der Waals surface area contributed by atoms with Crippen molar-refractivity contribution in [2.24, 2.45) is 11.8 Å². The summed E-state index contributed by atoms with van der Waals surface area (Å²) in [6.07, 6.45) is 0.652. The summed E-state index contributed by atoms with van der Waals surface area (Å²) < 4.78 is 27.9. The second-order valence-corrected chi connectivity index (χ2v) is 6.75. The molecule has 0 amide bonds. The molecule has 0 aliphatic rings. The summed E-state index contributed by atoms with van der Waals surface area (Å²) >= 11 is 0. The summed E-state index contributed by atoms with van der Waals surface area (Å²) in [5.41, 5.74) is 0. The number of carboxylic acid groups (broad SMARTS) is 1. The van der Waals surface area contributed by atoms with Crippen LogP contribution in [0.4, 0.5) is 0 Å². The van der Waals surface area contributed by atoms with E-state index in [2.05, 4.69) is 9.44 Å². The maximum Gasteiger partial charge on any atom is 0.303 e. The number of hydrogen-bond donors (Lipinski definition) is 3. The van der Waals surface area contributed by atoms with Crippen molar-refractivity contribution < 1.29 is 18.3 Å². The SMILES string of the molecule is CC(C)CC(CNS(=O)(=O)NC(C)C)CC(=O)O. The van der Waals surface area contributed by atoms with Gasteiger partial charge in [-0.2, -0.15) is 13.1 Å². The van der Waals surface area contributed by atoms with E-state index in [0.29, 0.717) is 12.3 Å². The van der Waals surface area contributed by atoms with E-state index < -0.39 is 16.2 Å². The number of carbonyl (C=O) groups is 1. The fourth-order valence-corrected chi connectivity index (χ4v) is 2.89. The number of aliphatic carboxylic acids is 1. The first-order chi connectivity index (χ1) is 8.12. The first kappa shape index (κ1) is 17.3. The van der Waals surface area contributed by atoms with E-state index in [0.717, 1.165) is 0 Å². The maximum atomic E-state index is 11.5. The molecular weight excluding hydrogens is 256 g/mol. The minimum atomic E-state index is -3.54. The van der Waals surface area contributed by atoms with Gasteiger partial charge in [-0.25, -0.2) is 4.72 Å². The summed E-state index contributed by atoms with van der Waals surface area (Å²) in [7, 11) is -3.54. The average molecular weight is 280 g/mol. The van der Waals surface area contributed by atoms with Crippen molar-refractivity contribution in [3.05, 3.63) is 0 Å². The second kappa shape index (κ2) is 7.70. The van der Waals surface area contributed by atoms with Crippen LogP contribution in [-0.4, -0.2) is 32.1 Å². The minimum absolute atomic E-state index is 0.0254. The minimum Gasteiger partial charge on any atom is -0.481 e. The van der Waals surface area contributed by atoms with E-state index in [1.54, 1.807) is 13.8 Å². The molecule has 18 heavy (non-hydrogen) atoms. The lowest BCUT2D eigenvalue weighted by atomic mass is 9.94. The highest BCUT2D eigenvalue weighted by Gasteiger charge is 2.18. The molecule has 0 saturated carbocycles. The Morgan fingerprint density at radius 1 is 1.22 bits per heavy atom. The van der Waals surface area contributed by atoms with Gasteiger partial charge >= 0.3 is 5.97 Å². The van der Waals surface area contributed by atoms with Crippen LogP contribution in [0.3, 0.4) is 0 Å². The van der Waals surface area contributed by atoms with Crippen LogP contribution < -0.4 is 9.44 Å². The Balaban J connectivity index is 4.37. The quantitative estimate of drug-likeness (QED) is 0.586. The third kappa shape index (κ3) is 9.38. The molecule has 1 atom stereocenters. The van der Waals surface area contributed by atoms with E-state index in [9.17, 15) is 13.2 Å². The molecule has 0 heterocycles. The molecule has 0 aromatic carbocycles. The molecule has 1 unspecified atom stereocenters. The topological polar surface area (TPSA) is 95.5 Å². The Labute approximate surface area is 109 Å². The molecule has 7 heteroatoms. The van der Waals surface area contributed by atoms with Crippen molar-refractivity contribution in [3.63, 3.8) is 0 Å². The Hall–Kier alpha value is -0.660. The molecule has 0 fully saturated rings. The number of nitrogens with one attached hydrogen (secondary N) is 2. The maximum absolute atomic E-state index is 11.5. The molecule has 0 saturated heterocycles. The highest BCUT2D eigenvalue weighted by molar-refractivity contribution is 7.87. The zero-order valence-corrected chi connectivity index (χ0v) is 12.3. The van der Waals surface area contributed by atoms with E-state index in [1.165, 1.54) is 0 Å². The zero-order valence-electron chi connectivity index (χ0n) is 11.4. The van der Waals surface area contributed by atoms with Crippen molar-refractivity contribution in [2.75, 3.05) is 6.54 Å². The lowest BCUT2D eigenvalue weighted by Gasteiger charge is -2.18. The van der Waals surface area contributed by atoms with Gasteiger partial charge in [-0.3, -0.25) is 4.79 Å². The van der Waals surface area contributed by atoms with Crippen LogP contribution >= 0.6 is 0 Å². The van der Waals surface area contributed by atoms with Gasteiger partial charge in [-0.1, -0.05) is 13.8 Å². The Morgan fingerprint density at radius 3 is 2.17 bits per heavy atom. The Bertz CT molecular complexity index is 352. The molecular formula is C11H24N2O4S. The van der Waals surface area contributed by atoms with Crippen molar-refractivity contribution in [1.29, 1.82) is 0 Å². The van der Waals surface area contributed by atoms with Crippen LogP contribution in [0.1, 0.15) is 40.5 Å². The molecule has 0 aliphatic heterocycles. The molecule has 0 radical (unpaired) electrons. The van der Waals surface area contributed by atoms with Gasteiger partial charge in [0.15, 0.2) is 0 Å². The predicted molar refractivity (Wildman–Crippen MR) is 70.4 cm³/mol. The van der Waals surface area contributed by atoms with Crippen molar-refractivity contribution >= 4 is 16.2 Å². The van der Waals surface area contributed by atoms with Crippen molar-refractivity contribution in [3.8, 4) is 0 Å². The van der Waals surface area contributed by atoms with Crippen LogP contribution in [0, 0.1) is 11.8 Å².